The van der Waals surface area contributed by atoms with E-state index in [2.05, 4.69) is 53.8 Å². The second kappa shape index (κ2) is 10.0. The van der Waals surface area contributed by atoms with Crippen LogP contribution in [0.2, 0.25) is 0 Å². The van der Waals surface area contributed by atoms with Crippen molar-refractivity contribution in [2.45, 2.75) is 85.4 Å². The van der Waals surface area contributed by atoms with Gasteiger partial charge in [-0.3, -0.25) is 5.10 Å². The summed E-state index contributed by atoms with van der Waals surface area (Å²) >= 11 is 0. The van der Waals surface area contributed by atoms with Crippen molar-refractivity contribution in [3.63, 3.8) is 0 Å². The molecule has 1 N–H and O–H groups in total. The molecule has 7 rings (SSSR count). The van der Waals surface area contributed by atoms with Gasteiger partial charge in [0.05, 0.1) is 17.3 Å². The monoisotopic (exact) mass is 572 g/mol. The highest BCUT2D eigenvalue weighted by atomic mass is 19.1. The lowest BCUT2D eigenvalue weighted by Crippen LogP contribution is -2.50. The van der Waals surface area contributed by atoms with Crippen LogP contribution in [-0.4, -0.2) is 62.8 Å². The van der Waals surface area contributed by atoms with E-state index in [-0.39, 0.29) is 23.3 Å². The summed E-state index contributed by atoms with van der Waals surface area (Å²) in [6, 6.07) is 4.15. The maximum atomic E-state index is 15.9. The predicted octanol–water partition coefficient (Wildman–Crippen LogP) is 5.68. The van der Waals surface area contributed by atoms with E-state index in [1.54, 1.807) is 0 Å². The highest BCUT2D eigenvalue weighted by Crippen LogP contribution is 2.44. The highest BCUT2D eigenvalue weighted by molar-refractivity contribution is 5.96. The normalized spacial score (nSPS) is 20.4. The highest BCUT2D eigenvalue weighted by Gasteiger charge is 2.39. The molecule has 3 aromatic heterocycles. The molecule has 42 heavy (non-hydrogen) atoms. The number of piperidine rings is 1. The lowest BCUT2D eigenvalue weighted by molar-refractivity contribution is -0.00647. The molecule has 4 aromatic rings. The van der Waals surface area contributed by atoms with Crippen molar-refractivity contribution >= 4 is 22.5 Å². The Bertz CT molecular complexity index is 1670. The number of halogens is 1. The summed E-state index contributed by atoms with van der Waals surface area (Å²) in [5, 5.41) is 13.4. The van der Waals surface area contributed by atoms with Crippen molar-refractivity contribution in [3.05, 3.63) is 46.2 Å². The molecule has 0 spiro atoms. The Hall–Kier alpha value is -3.53. The molecule has 0 unspecified atom stereocenters. The number of aromatic nitrogens is 6. The Morgan fingerprint density at radius 2 is 1.90 bits per heavy atom. The predicted molar refractivity (Wildman–Crippen MR) is 163 cm³/mol. The number of methoxy groups -OCH3 is 1. The fourth-order valence-electron chi connectivity index (χ4n) is 7.15. The molecular formula is C32H41FN8O. The van der Waals surface area contributed by atoms with Crippen LogP contribution in [0.3, 0.4) is 0 Å². The minimum atomic E-state index is -0.151. The van der Waals surface area contributed by atoms with Gasteiger partial charge in [-0.25, -0.2) is 19.0 Å². The van der Waals surface area contributed by atoms with Crippen LogP contribution in [0.15, 0.2) is 12.1 Å². The number of fused-ring (bicyclic) bond motifs is 2. The summed E-state index contributed by atoms with van der Waals surface area (Å²) in [6.07, 6.45) is 3.86. The fraction of sp³-hybridized carbons (Fsp3) is 0.562. The number of aromatic amines is 1. The van der Waals surface area contributed by atoms with E-state index in [0.717, 1.165) is 83.0 Å². The third-order valence-electron chi connectivity index (χ3n) is 9.55. The van der Waals surface area contributed by atoms with Crippen LogP contribution in [0.4, 0.5) is 16.0 Å². The number of hydrogen-bond donors (Lipinski definition) is 1. The van der Waals surface area contributed by atoms with E-state index in [9.17, 15) is 0 Å². The van der Waals surface area contributed by atoms with Crippen LogP contribution >= 0.6 is 0 Å². The number of rotatable bonds is 6. The first kappa shape index (κ1) is 27.3. The smallest absolute Gasteiger partial charge is 0.188 e. The van der Waals surface area contributed by atoms with Gasteiger partial charge in [0.1, 0.15) is 11.5 Å². The van der Waals surface area contributed by atoms with Crippen LogP contribution in [0, 0.1) is 25.1 Å². The fourth-order valence-corrected chi connectivity index (χ4v) is 7.15. The Balaban J connectivity index is 1.36. The average molecular weight is 573 g/mol. The minimum Gasteiger partial charge on any atom is -0.381 e. The molecule has 0 bridgehead atoms. The van der Waals surface area contributed by atoms with Gasteiger partial charge in [-0.15, -0.1) is 0 Å². The molecule has 222 valence electrons. The number of benzene rings is 1. The van der Waals surface area contributed by atoms with Crippen LogP contribution in [-0.2, 0) is 24.2 Å². The molecule has 0 radical (unpaired) electrons. The van der Waals surface area contributed by atoms with Gasteiger partial charge >= 0.3 is 0 Å². The largest absolute Gasteiger partial charge is 0.381 e. The summed E-state index contributed by atoms with van der Waals surface area (Å²) in [4.78, 5) is 15.1. The summed E-state index contributed by atoms with van der Waals surface area (Å²) < 4.78 is 23.6. The van der Waals surface area contributed by atoms with Crippen molar-refractivity contribution in [2.75, 3.05) is 36.5 Å². The summed E-state index contributed by atoms with van der Waals surface area (Å²) in [5.74, 6) is 2.40. The number of aryl methyl sites for hydroxylation is 3. The van der Waals surface area contributed by atoms with Gasteiger partial charge in [-0.05, 0) is 51.7 Å². The SMILES string of the molecule is CCn1nc(C2CC2)c(F)c1N1CCc2nc(-c3c(C)ccc4n[nH]c(C)c34)nc(N3CC[C@@H](OC)C(C)(C)C3)c2C1. The van der Waals surface area contributed by atoms with Crippen molar-refractivity contribution in [1.29, 1.82) is 0 Å². The first-order valence-corrected chi connectivity index (χ1v) is 15.3. The Labute approximate surface area is 246 Å². The Morgan fingerprint density at radius 3 is 2.62 bits per heavy atom. The molecule has 1 saturated heterocycles. The van der Waals surface area contributed by atoms with Crippen LogP contribution in [0.5, 0.6) is 0 Å². The van der Waals surface area contributed by atoms with E-state index < -0.39 is 0 Å². The van der Waals surface area contributed by atoms with E-state index >= 15 is 4.39 Å². The van der Waals surface area contributed by atoms with Gasteiger partial charge in [-0.1, -0.05) is 19.9 Å². The van der Waals surface area contributed by atoms with E-state index in [4.69, 9.17) is 19.8 Å². The Kier molecular flexibility index (Phi) is 6.53. The molecule has 2 fully saturated rings. The number of nitrogens with zero attached hydrogens (tertiary/aromatic N) is 7. The van der Waals surface area contributed by atoms with Crippen molar-refractivity contribution in [1.82, 2.24) is 29.9 Å². The summed E-state index contributed by atoms with van der Waals surface area (Å²) in [6.45, 7) is 14.3. The zero-order valence-electron chi connectivity index (χ0n) is 25.6. The van der Waals surface area contributed by atoms with Crippen molar-refractivity contribution in [3.8, 4) is 11.4 Å². The molecule has 9 nitrogen and oxygen atoms in total. The molecule has 1 atom stereocenters. The quantitative estimate of drug-likeness (QED) is 0.318. The van der Waals surface area contributed by atoms with Crippen LogP contribution < -0.4 is 9.80 Å². The van der Waals surface area contributed by atoms with Gasteiger partial charge in [-0.2, -0.15) is 10.2 Å². The van der Waals surface area contributed by atoms with E-state index in [1.807, 2.05) is 24.8 Å². The third-order valence-corrected chi connectivity index (χ3v) is 9.55. The number of anilines is 2. The molecule has 2 aliphatic heterocycles. The van der Waals surface area contributed by atoms with Gasteiger partial charge in [0, 0.05) is 79.8 Å². The lowest BCUT2D eigenvalue weighted by Gasteiger charge is -2.45. The number of nitrogens with one attached hydrogen (secondary N) is 1. The summed E-state index contributed by atoms with van der Waals surface area (Å²) in [5.41, 5.74) is 6.78. The standard InChI is InChI=1S/C32H41FN8O/c1-7-41-31(27(33)28(38-41)20-9-10-20)39-14-12-22-21(16-39)30(40-15-13-24(42-6)32(4,5)17-40)35-29(34-22)25-18(2)8-11-23-26(25)19(3)36-37-23/h8,11,20,24H,7,9-10,12-17H2,1-6H3,(H,36,37)/t24-/m1/s1. The minimum absolute atomic E-state index is 0.0530. The van der Waals surface area contributed by atoms with Gasteiger partial charge in [0.2, 0.25) is 0 Å². The third kappa shape index (κ3) is 4.37. The molecule has 0 amide bonds. The van der Waals surface area contributed by atoms with E-state index in [1.165, 1.54) is 0 Å². The topological polar surface area (TPSA) is 88.0 Å². The van der Waals surface area contributed by atoms with E-state index in [0.29, 0.717) is 37.6 Å². The first-order valence-electron chi connectivity index (χ1n) is 15.3. The van der Waals surface area contributed by atoms with Gasteiger partial charge in [0.15, 0.2) is 17.5 Å². The second-order valence-corrected chi connectivity index (χ2v) is 13.0. The maximum absolute atomic E-state index is 15.9. The number of H-pyrrole nitrogens is 1. The van der Waals surface area contributed by atoms with Crippen LogP contribution in [0.25, 0.3) is 22.3 Å². The maximum Gasteiger partial charge on any atom is 0.188 e. The average Bonchev–Trinajstić information content (AvgIpc) is 3.67. The zero-order chi connectivity index (χ0) is 29.3. The molecule has 5 heterocycles. The molecule has 3 aliphatic rings. The molecule has 1 aromatic carbocycles. The lowest BCUT2D eigenvalue weighted by atomic mass is 9.81. The molecule has 1 aliphatic carbocycles. The molecular weight excluding hydrogens is 531 g/mol. The van der Waals surface area contributed by atoms with Crippen LogP contribution in [0.1, 0.15) is 74.2 Å². The van der Waals surface area contributed by atoms with Crippen molar-refractivity contribution in [2.24, 2.45) is 5.41 Å². The first-order chi connectivity index (χ1) is 20.2. The van der Waals surface area contributed by atoms with Gasteiger partial charge in [0.25, 0.3) is 0 Å². The molecule has 1 saturated carbocycles. The number of hydrogen-bond acceptors (Lipinski definition) is 7. The zero-order valence-corrected chi connectivity index (χ0v) is 25.6. The Morgan fingerprint density at radius 1 is 1.10 bits per heavy atom. The van der Waals surface area contributed by atoms with Gasteiger partial charge < -0.3 is 14.5 Å². The summed E-state index contributed by atoms with van der Waals surface area (Å²) in [7, 11) is 1.81. The molecule has 10 heteroatoms. The second-order valence-electron chi connectivity index (χ2n) is 13.0. The van der Waals surface area contributed by atoms with Crippen molar-refractivity contribution < 1.29 is 9.13 Å². The number of ether oxygens (including phenoxy) is 1.